The summed E-state index contributed by atoms with van der Waals surface area (Å²) in [6, 6.07) is 0. The van der Waals surface area contributed by atoms with E-state index in [9.17, 15) is 14.4 Å². The minimum atomic E-state index is -0.769. The summed E-state index contributed by atoms with van der Waals surface area (Å²) < 4.78 is 16.8. The van der Waals surface area contributed by atoms with E-state index in [0.29, 0.717) is 19.3 Å². The van der Waals surface area contributed by atoms with Crippen LogP contribution in [0.4, 0.5) is 0 Å². The number of carbonyl (C=O) groups excluding carboxylic acids is 3. The van der Waals surface area contributed by atoms with Crippen molar-refractivity contribution in [2.45, 2.75) is 297 Å². The molecule has 0 aromatic rings. The number of hydrogen-bond donors (Lipinski definition) is 0. The second-order valence-electron chi connectivity index (χ2n) is 18.1. The van der Waals surface area contributed by atoms with E-state index in [1.165, 1.54) is 193 Å². The van der Waals surface area contributed by atoms with Crippen LogP contribution in [0.1, 0.15) is 290 Å². The quantitative estimate of drug-likeness (QED) is 0.0262. The maximum absolute atomic E-state index is 12.8. The summed E-state index contributed by atoms with van der Waals surface area (Å²) in [6.07, 6.45) is 57.3. The zero-order valence-electron chi connectivity index (χ0n) is 40.9. The first-order chi connectivity index (χ1) is 30.0. The van der Waals surface area contributed by atoms with Gasteiger partial charge in [0.05, 0.1) is 0 Å². The van der Waals surface area contributed by atoms with Gasteiger partial charge in [0.15, 0.2) is 6.10 Å². The van der Waals surface area contributed by atoms with Crippen LogP contribution in [0, 0.1) is 0 Å². The van der Waals surface area contributed by atoms with E-state index >= 15 is 0 Å². The van der Waals surface area contributed by atoms with Crippen molar-refractivity contribution in [2.24, 2.45) is 0 Å². The van der Waals surface area contributed by atoms with Gasteiger partial charge in [0.25, 0.3) is 0 Å². The third kappa shape index (κ3) is 48.8. The van der Waals surface area contributed by atoms with Crippen molar-refractivity contribution < 1.29 is 28.6 Å². The van der Waals surface area contributed by atoms with Gasteiger partial charge in [-0.25, -0.2) is 0 Å². The molecule has 0 aromatic heterocycles. The molecule has 0 spiro atoms. The topological polar surface area (TPSA) is 78.9 Å². The van der Waals surface area contributed by atoms with Gasteiger partial charge < -0.3 is 14.2 Å². The van der Waals surface area contributed by atoms with E-state index < -0.39 is 6.10 Å². The molecule has 6 nitrogen and oxygen atoms in total. The van der Waals surface area contributed by atoms with Crippen molar-refractivity contribution in [2.75, 3.05) is 13.2 Å². The zero-order valence-corrected chi connectivity index (χ0v) is 40.9. The number of hydrogen-bond acceptors (Lipinski definition) is 6. The van der Waals surface area contributed by atoms with Gasteiger partial charge in [0.1, 0.15) is 13.2 Å². The zero-order chi connectivity index (χ0) is 44.4. The highest BCUT2D eigenvalue weighted by molar-refractivity contribution is 5.71. The van der Waals surface area contributed by atoms with Gasteiger partial charge in [-0.1, -0.05) is 225 Å². The minimum Gasteiger partial charge on any atom is -0.462 e. The molecule has 61 heavy (non-hydrogen) atoms. The molecule has 6 heteroatoms. The van der Waals surface area contributed by atoms with E-state index in [-0.39, 0.29) is 31.1 Å². The summed E-state index contributed by atoms with van der Waals surface area (Å²) in [7, 11) is 0. The Kier molecular flexibility index (Phi) is 48.8. The fourth-order valence-electron chi connectivity index (χ4n) is 7.84. The molecule has 0 bridgehead atoms. The smallest absolute Gasteiger partial charge is 0.306 e. The summed E-state index contributed by atoms with van der Waals surface area (Å²) in [6.45, 7) is 6.64. The Morgan fingerprint density at radius 1 is 0.311 bits per heavy atom. The van der Waals surface area contributed by atoms with E-state index in [1.54, 1.807) is 0 Å². The standard InChI is InChI=1S/C55H102O6/c1-4-7-10-13-16-19-22-24-26-27-29-31-34-36-39-42-45-48-54(57)60-51-52(61-55(58)49-46-43-40-37-32-21-18-15-12-9-6-3)50-59-53(56)47-44-41-38-35-33-30-28-25-23-20-17-14-11-8-5-2/h20,23-24,26,52H,4-19,21-22,25,27-51H2,1-3H3/b23-20-,26-24-/t52-/m0/s1. The molecule has 0 radical (unpaired) electrons. The highest BCUT2D eigenvalue weighted by Gasteiger charge is 2.19. The third-order valence-corrected chi connectivity index (χ3v) is 11.9. The number of carbonyl (C=O) groups is 3. The van der Waals surface area contributed by atoms with Gasteiger partial charge >= 0.3 is 17.9 Å². The van der Waals surface area contributed by atoms with Crippen LogP contribution < -0.4 is 0 Å². The molecule has 0 heterocycles. The van der Waals surface area contributed by atoms with Crippen molar-refractivity contribution >= 4 is 17.9 Å². The summed E-state index contributed by atoms with van der Waals surface area (Å²) in [5.41, 5.74) is 0. The van der Waals surface area contributed by atoms with E-state index in [4.69, 9.17) is 14.2 Å². The Balaban J connectivity index is 4.31. The Labute approximate surface area is 379 Å². The SMILES string of the molecule is CCCCCC/C=C\CCCCCCCCCC(=O)OC[C@@H](COC(=O)CCCCCCCCC/C=C\CCCCCCCC)OC(=O)CCCCCCCCCCCCC. The van der Waals surface area contributed by atoms with Gasteiger partial charge in [-0.15, -0.1) is 0 Å². The molecular weight excluding hydrogens is 757 g/mol. The number of ether oxygens (including phenoxy) is 3. The van der Waals surface area contributed by atoms with Crippen LogP contribution in [-0.2, 0) is 28.6 Å². The lowest BCUT2D eigenvalue weighted by molar-refractivity contribution is -0.167. The molecule has 0 fully saturated rings. The Bertz CT molecular complexity index is 989. The normalized spacial score (nSPS) is 12.1. The van der Waals surface area contributed by atoms with Gasteiger partial charge in [-0.3, -0.25) is 14.4 Å². The van der Waals surface area contributed by atoms with Crippen molar-refractivity contribution in [3.8, 4) is 0 Å². The van der Waals surface area contributed by atoms with Gasteiger partial charge in [-0.05, 0) is 70.6 Å². The summed E-state index contributed by atoms with van der Waals surface area (Å²) >= 11 is 0. The minimum absolute atomic E-state index is 0.0712. The molecule has 0 aliphatic rings. The van der Waals surface area contributed by atoms with Crippen LogP contribution in [0.3, 0.4) is 0 Å². The molecule has 358 valence electrons. The number of allylic oxidation sites excluding steroid dienone is 4. The highest BCUT2D eigenvalue weighted by Crippen LogP contribution is 2.16. The second-order valence-corrected chi connectivity index (χ2v) is 18.1. The second kappa shape index (κ2) is 50.5. The van der Waals surface area contributed by atoms with Crippen molar-refractivity contribution in [3.05, 3.63) is 24.3 Å². The lowest BCUT2D eigenvalue weighted by Crippen LogP contribution is -2.30. The third-order valence-electron chi connectivity index (χ3n) is 11.9. The Morgan fingerprint density at radius 2 is 0.541 bits per heavy atom. The van der Waals surface area contributed by atoms with Gasteiger partial charge in [0, 0.05) is 19.3 Å². The summed E-state index contributed by atoms with van der Waals surface area (Å²) in [5.74, 6) is -0.866. The average molecular weight is 859 g/mol. The maximum Gasteiger partial charge on any atom is 0.306 e. The van der Waals surface area contributed by atoms with E-state index in [1.807, 2.05) is 0 Å². The Hall–Kier alpha value is -2.11. The lowest BCUT2D eigenvalue weighted by Gasteiger charge is -2.18. The first-order valence-corrected chi connectivity index (χ1v) is 26.8. The van der Waals surface area contributed by atoms with Crippen molar-refractivity contribution in [1.82, 2.24) is 0 Å². The number of rotatable bonds is 49. The summed E-state index contributed by atoms with van der Waals surface area (Å²) in [5, 5.41) is 0. The molecule has 0 saturated carbocycles. The van der Waals surface area contributed by atoms with E-state index in [0.717, 1.165) is 57.8 Å². The van der Waals surface area contributed by atoms with Crippen LogP contribution in [0.15, 0.2) is 24.3 Å². The van der Waals surface area contributed by atoms with Crippen LogP contribution in [-0.4, -0.2) is 37.2 Å². The molecule has 0 saturated heterocycles. The molecule has 0 N–H and O–H groups in total. The maximum atomic E-state index is 12.8. The molecule has 0 aliphatic heterocycles. The largest absolute Gasteiger partial charge is 0.462 e. The highest BCUT2D eigenvalue weighted by atomic mass is 16.6. The molecular formula is C55H102O6. The van der Waals surface area contributed by atoms with Crippen LogP contribution in [0.25, 0.3) is 0 Å². The molecule has 0 aromatic carbocycles. The first-order valence-electron chi connectivity index (χ1n) is 26.8. The molecule has 1 atom stereocenters. The average Bonchev–Trinajstić information content (AvgIpc) is 3.26. The molecule has 0 rings (SSSR count). The number of esters is 3. The first kappa shape index (κ1) is 58.9. The molecule has 0 amide bonds. The monoisotopic (exact) mass is 859 g/mol. The van der Waals surface area contributed by atoms with Crippen molar-refractivity contribution in [3.63, 3.8) is 0 Å². The van der Waals surface area contributed by atoms with E-state index in [2.05, 4.69) is 45.1 Å². The van der Waals surface area contributed by atoms with Crippen molar-refractivity contribution in [1.29, 1.82) is 0 Å². The van der Waals surface area contributed by atoms with Crippen LogP contribution in [0.5, 0.6) is 0 Å². The predicted octanol–water partition coefficient (Wildman–Crippen LogP) is 17.5. The van der Waals surface area contributed by atoms with Gasteiger partial charge in [0.2, 0.25) is 0 Å². The fourth-order valence-corrected chi connectivity index (χ4v) is 7.84. The summed E-state index contributed by atoms with van der Waals surface area (Å²) in [4.78, 5) is 38.0. The van der Waals surface area contributed by atoms with Gasteiger partial charge in [-0.2, -0.15) is 0 Å². The molecule has 0 aliphatic carbocycles. The lowest BCUT2D eigenvalue weighted by atomic mass is 10.1. The molecule has 0 unspecified atom stereocenters. The van der Waals surface area contributed by atoms with Crippen LogP contribution in [0.2, 0.25) is 0 Å². The Morgan fingerprint density at radius 3 is 0.836 bits per heavy atom. The predicted molar refractivity (Wildman–Crippen MR) is 261 cm³/mol. The fraction of sp³-hybridized carbons (Fsp3) is 0.873. The number of unbranched alkanes of at least 4 members (excludes halogenated alkanes) is 34. The van der Waals surface area contributed by atoms with Crippen LogP contribution >= 0.6 is 0 Å².